The van der Waals surface area contributed by atoms with Crippen molar-refractivity contribution in [2.24, 2.45) is 0 Å². The van der Waals surface area contributed by atoms with Crippen LogP contribution in [0.5, 0.6) is 5.75 Å². The summed E-state index contributed by atoms with van der Waals surface area (Å²) >= 11 is 3.52. The summed E-state index contributed by atoms with van der Waals surface area (Å²) in [5.41, 5.74) is 0.292. The molecule has 0 spiro atoms. The summed E-state index contributed by atoms with van der Waals surface area (Å²) in [5.74, 6) is 0.803. The number of nitrogens with one attached hydrogen (secondary N) is 1. The predicted octanol–water partition coefficient (Wildman–Crippen LogP) is 2.38. The molecule has 0 amide bonds. The first-order valence-electron chi connectivity index (χ1n) is 6.73. The summed E-state index contributed by atoms with van der Waals surface area (Å²) in [4.78, 5) is 0. The van der Waals surface area contributed by atoms with Crippen LogP contribution in [0.4, 0.5) is 0 Å². The van der Waals surface area contributed by atoms with E-state index >= 15 is 0 Å². The van der Waals surface area contributed by atoms with E-state index in [1.54, 1.807) is 14.2 Å². The molecular formula is C15H24BrNO3. The number of methoxy groups -OCH3 is 2. The fourth-order valence-electron chi connectivity index (χ4n) is 1.97. The molecule has 0 aliphatic heterocycles. The second kappa shape index (κ2) is 8.62. The number of benzene rings is 1. The van der Waals surface area contributed by atoms with Crippen molar-refractivity contribution in [3.05, 3.63) is 28.2 Å². The molecule has 1 atom stereocenters. The van der Waals surface area contributed by atoms with Gasteiger partial charge in [0.25, 0.3) is 0 Å². The van der Waals surface area contributed by atoms with Crippen molar-refractivity contribution in [2.75, 3.05) is 33.9 Å². The molecule has 1 aromatic carbocycles. The Morgan fingerprint density at radius 3 is 2.70 bits per heavy atom. The van der Waals surface area contributed by atoms with Crippen LogP contribution >= 0.6 is 15.9 Å². The summed E-state index contributed by atoms with van der Waals surface area (Å²) in [7, 11) is 3.32. The lowest BCUT2D eigenvalue weighted by Crippen LogP contribution is -2.33. The summed E-state index contributed by atoms with van der Waals surface area (Å²) in [6, 6.07) is 5.80. The van der Waals surface area contributed by atoms with Crippen LogP contribution < -0.4 is 10.1 Å². The summed E-state index contributed by atoms with van der Waals surface area (Å²) < 4.78 is 11.2. The first-order valence-corrected chi connectivity index (χ1v) is 7.52. The maximum Gasteiger partial charge on any atom is 0.119 e. The third-order valence-electron chi connectivity index (χ3n) is 3.15. The SMILES string of the molecule is COCCNCCC(C)(O)Cc1cc(OC)ccc1Br. The Balaban J connectivity index is 2.52. The molecule has 0 aliphatic rings. The highest BCUT2D eigenvalue weighted by Gasteiger charge is 2.21. The van der Waals surface area contributed by atoms with Crippen molar-refractivity contribution in [3.8, 4) is 5.75 Å². The van der Waals surface area contributed by atoms with Crippen molar-refractivity contribution in [1.82, 2.24) is 5.32 Å². The Kier molecular flexibility index (Phi) is 7.51. The number of ether oxygens (including phenoxy) is 2. The Morgan fingerprint density at radius 2 is 2.05 bits per heavy atom. The maximum atomic E-state index is 10.5. The van der Waals surface area contributed by atoms with Gasteiger partial charge >= 0.3 is 0 Å². The third-order valence-corrected chi connectivity index (χ3v) is 3.92. The van der Waals surface area contributed by atoms with Gasteiger partial charge in [0.15, 0.2) is 0 Å². The predicted molar refractivity (Wildman–Crippen MR) is 84.4 cm³/mol. The molecule has 2 N–H and O–H groups in total. The molecule has 0 heterocycles. The number of rotatable bonds is 9. The zero-order chi connectivity index (χ0) is 15.0. The highest BCUT2D eigenvalue weighted by Crippen LogP contribution is 2.27. The first-order chi connectivity index (χ1) is 9.48. The van der Waals surface area contributed by atoms with E-state index in [9.17, 15) is 5.11 Å². The molecule has 1 rings (SSSR count). The minimum atomic E-state index is -0.755. The van der Waals surface area contributed by atoms with Gasteiger partial charge in [0.2, 0.25) is 0 Å². The molecule has 0 saturated carbocycles. The summed E-state index contributed by atoms with van der Waals surface area (Å²) in [6.07, 6.45) is 1.26. The van der Waals surface area contributed by atoms with Gasteiger partial charge in [0.05, 0.1) is 19.3 Å². The van der Waals surface area contributed by atoms with E-state index in [0.717, 1.165) is 28.9 Å². The summed E-state index contributed by atoms with van der Waals surface area (Å²) in [5, 5.41) is 13.7. The van der Waals surface area contributed by atoms with Gasteiger partial charge in [-0.15, -0.1) is 0 Å². The molecule has 4 nitrogen and oxygen atoms in total. The van der Waals surface area contributed by atoms with E-state index in [0.29, 0.717) is 19.4 Å². The van der Waals surface area contributed by atoms with E-state index in [2.05, 4.69) is 21.2 Å². The Hall–Kier alpha value is -0.620. The molecule has 1 aromatic rings. The normalized spacial score (nSPS) is 14.1. The van der Waals surface area contributed by atoms with E-state index in [1.165, 1.54) is 0 Å². The van der Waals surface area contributed by atoms with Gasteiger partial charge in [-0.1, -0.05) is 15.9 Å². The van der Waals surface area contributed by atoms with Crippen molar-refractivity contribution in [2.45, 2.75) is 25.4 Å². The number of aliphatic hydroxyl groups is 1. The monoisotopic (exact) mass is 345 g/mol. The molecule has 0 saturated heterocycles. The topological polar surface area (TPSA) is 50.7 Å². The molecular weight excluding hydrogens is 322 g/mol. The Bertz CT molecular complexity index is 410. The molecule has 5 heteroatoms. The molecule has 0 fully saturated rings. The van der Waals surface area contributed by atoms with Crippen molar-refractivity contribution >= 4 is 15.9 Å². The number of hydrogen-bond donors (Lipinski definition) is 2. The van der Waals surface area contributed by atoms with Crippen molar-refractivity contribution < 1.29 is 14.6 Å². The van der Waals surface area contributed by atoms with Gasteiger partial charge in [0, 0.05) is 24.5 Å². The average Bonchev–Trinajstić information content (AvgIpc) is 2.41. The van der Waals surface area contributed by atoms with E-state index < -0.39 is 5.60 Å². The van der Waals surface area contributed by atoms with Crippen LogP contribution in [0.1, 0.15) is 18.9 Å². The van der Waals surface area contributed by atoms with Gasteiger partial charge in [-0.25, -0.2) is 0 Å². The molecule has 0 radical (unpaired) electrons. The minimum Gasteiger partial charge on any atom is -0.497 e. The molecule has 0 aromatic heterocycles. The lowest BCUT2D eigenvalue weighted by Gasteiger charge is -2.24. The quantitative estimate of drug-likeness (QED) is 0.674. The fourth-order valence-corrected chi connectivity index (χ4v) is 2.36. The molecule has 1 unspecified atom stereocenters. The van der Waals surface area contributed by atoms with Crippen LogP contribution in [0.2, 0.25) is 0 Å². The first kappa shape index (κ1) is 17.4. The van der Waals surface area contributed by atoms with Crippen LogP contribution in [-0.4, -0.2) is 44.6 Å². The molecule has 114 valence electrons. The third kappa shape index (κ3) is 6.22. The van der Waals surface area contributed by atoms with Crippen molar-refractivity contribution in [3.63, 3.8) is 0 Å². The van der Waals surface area contributed by atoms with E-state index in [4.69, 9.17) is 9.47 Å². The van der Waals surface area contributed by atoms with E-state index in [1.807, 2.05) is 25.1 Å². The van der Waals surface area contributed by atoms with Crippen LogP contribution in [0.25, 0.3) is 0 Å². The van der Waals surface area contributed by atoms with Crippen LogP contribution in [0, 0.1) is 0 Å². The minimum absolute atomic E-state index is 0.580. The van der Waals surface area contributed by atoms with Crippen LogP contribution in [0.15, 0.2) is 22.7 Å². The van der Waals surface area contributed by atoms with Crippen LogP contribution in [-0.2, 0) is 11.2 Å². The second-order valence-corrected chi connectivity index (χ2v) is 5.98. The Labute approximate surface area is 129 Å². The van der Waals surface area contributed by atoms with Crippen molar-refractivity contribution in [1.29, 1.82) is 0 Å². The zero-order valence-corrected chi connectivity index (χ0v) is 14.0. The van der Waals surface area contributed by atoms with Gasteiger partial charge in [-0.2, -0.15) is 0 Å². The Morgan fingerprint density at radius 1 is 1.30 bits per heavy atom. The lowest BCUT2D eigenvalue weighted by atomic mass is 9.93. The van der Waals surface area contributed by atoms with Crippen LogP contribution in [0.3, 0.4) is 0 Å². The fraction of sp³-hybridized carbons (Fsp3) is 0.600. The number of halogens is 1. The lowest BCUT2D eigenvalue weighted by molar-refractivity contribution is 0.0508. The molecule has 0 bridgehead atoms. The highest BCUT2D eigenvalue weighted by atomic mass is 79.9. The standard InChI is InChI=1S/C15H24BrNO3/c1-15(18,6-7-17-8-9-19-2)11-12-10-13(20-3)4-5-14(12)16/h4-5,10,17-18H,6-9,11H2,1-3H3. The molecule has 0 aliphatic carbocycles. The van der Waals surface area contributed by atoms with Gasteiger partial charge in [-0.3, -0.25) is 0 Å². The van der Waals surface area contributed by atoms with Gasteiger partial charge < -0.3 is 19.9 Å². The van der Waals surface area contributed by atoms with Gasteiger partial charge in [-0.05, 0) is 43.7 Å². The van der Waals surface area contributed by atoms with Gasteiger partial charge in [0.1, 0.15) is 5.75 Å². The molecule has 20 heavy (non-hydrogen) atoms. The number of hydrogen-bond acceptors (Lipinski definition) is 4. The maximum absolute atomic E-state index is 10.5. The summed E-state index contributed by atoms with van der Waals surface area (Å²) in [6.45, 7) is 4.11. The largest absolute Gasteiger partial charge is 0.497 e. The smallest absolute Gasteiger partial charge is 0.119 e. The average molecular weight is 346 g/mol. The zero-order valence-electron chi connectivity index (χ0n) is 12.4. The second-order valence-electron chi connectivity index (χ2n) is 5.12. The van der Waals surface area contributed by atoms with E-state index in [-0.39, 0.29) is 0 Å². The highest BCUT2D eigenvalue weighted by molar-refractivity contribution is 9.10.